The average molecular weight is 348 g/mol. The molecule has 0 fully saturated rings. The molecular formula is C19H16N4O3. The van der Waals surface area contributed by atoms with Gasteiger partial charge in [0.15, 0.2) is 0 Å². The Morgan fingerprint density at radius 2 is 1.92 bits per heavy atom. The fourth-order valence-electron chi connectivity index (χ4n) is 2.61. The van der Waals surface area contributed by atoms with E-state index in [2.05, 4.69) is 15.1 Å². The molecule has 7 heteroatoms. The van der Waals surface area contributed by atoms with E-state index in [0.29, 0.717) is 5.78 Å². The van der Waals surface area contributed by atoms with E-state index in [1.165, 1.54) is 4.52 Å². The third kappa shape index (κ3) is 3.19. The summed E-state index contributed by atoms with van der Waals surface area (Å²) in [6, 6.07) is 15.7. The summed E-state index contributed by atoms with van der Waals surface area (Å²) in [6.45, 7) is 2.21. The zero-order valence-electron chi connectivity index (χ0n) is 14.1. The Labute approximate surface area is 149 Å². The number of rotatable bonds is 5. The molecule has 0 atom stereocenters. The molecule has 0 amide bonds. The Bertz CT molecular complexity index is 1090. The van der Waals surface area contributed by atoms with E-state index < -0.39 is 5.97 Å². The lowest BCUT2D eigenvalue weighted by atomic mass is 10.1. The minimum atomic E-state index is -0.600. The number of carbonyl (C=O) groups is 1. The molecule has 0 saturated heterocycles. The minimum absolute atomic E-state index is 0.0162. The van der Waals surface area contributed by atoms with Crippen LogP contribution in [-0.2, 0) is 4.74 Å². The minimum Gasteiger partial charge on any atom is -0.490 e. The SMILES string of the molecule is Cc1ccnc2nc(C(=O)OCCOc3ccc4ccccc4c3)nn12. The summed E-state index contributed by atoms with van der Waals surface area (Å²) >= 11 is 0. The van der Waals surface area contributed by atoms with Gasteiger partial charge in [-0.15, -0.1) is 5.10 Å². The number of nitrogens with zero attached hydrogens (tertiary/aromatic N) is 4. The molecule has 2 aromatic heterocycles. The molecule has 0 aliphatic rings. The smallest absolute Gasteiger partial charge is 0.378 e. The van der Waals surface area contributed by atoms with Crippen molar-refractivity contribution in [3.8, 4) is 5.75 Å². The van der Waals surface area contributed by atoms with E-state index in [-0.39, 0.29) is 19.0 Å². The first-order valence-electron chi connectivity index (χ1n) is 8.18. The third-order valence-electron chi connectivity index (χ3n) is 3.92. The van der Waals surface area contributed by atoms with Crippen LogP contribution in [0, 0.1) is 6.92 Å². The van der Waals surface area contributed by atoms with Crippen LogP contribution in [-0.4, -0.2) is 38.8 Å². The van der Waals surface area contributed by atoms with Crippen molar-refractivity contribution in [3.05, 3.63) is 66.2 Å². The van der Waals surface area contributed by atoms with E-state index in [1.807, 2.05) is 49.4 Å². The van der Waals surface area contributed by atoms with E-state index in [0.717, 1.165) is 22.2 Å². The maximum absolute atomic E-state index is 12.1. The van der Waals surface area contributed by atoms with Crippen LogP contribution >= 0.6 is 0 Å². The fraction of sp³-hybridized carbons (Fsp3) is 0.158. The van der Waals surface area contributed by atoms with Gasteiger partial charge in [0, 0.05) is 11.9 Å². The molecule has 4 aromatic rings. The second kappa shape index (κ2) is 6.79. The van der Waals surface area contributed by atoms with E-state index in [4.69, 9.17) is 9.47 Å². The zero-order valence-corrected chi connectivity index (χ0v) is 14.1. The maximum Gasteiger partial charge on any atom is 0.378 e. The van der Waals surface area contributed by atoms with Crippen LogP contribution in [0.2, 0.25) is 0 Å². The summed E-state index contributed by atoms with van der Waals surface area (Å²) in [5.41, 5.74) is 0.834. The lowest BCUT2D eigenvalue weighted by Gasteiger charge is -2.07. The van der Waals surface area contributed by atoms with E-state index >= 15 is 0 Å². The highest BCUT2D eigenvalue weighted by Crippen LogP contribution is 2.20. The summed E-state index contributed by atoms with van der Waals surface area (Å²) in [5, 5.41) is 6.35. The molecule has 0 unspecified atom stereocenters. The third-order valence-corrected chi connectivity index (χ3v) is 3.92. The monoisotopic (exact) mass is 348 g/mol. The van der Waals surface area contributed by atoms with Crippen LogP contribution in [0.5, 0.6) is 5.75 Å². The van der Waals surface area contributed by atoms with Gasteiger partial charge in [0.1, 0.15) is 19.0 Å². The first-order chi connectivity index (χ1) is 12.7. The Morgan fingerprint density at radius 1 is 1.08 bits per heavy atom. The predicted octanol–water partition coefficient (Wildman–Crippen LogP) is 2.82. The zero-order chi connectivity index (χ0) is 17.9. The number of fused-ring (bicyclic) bond motifs is 2. The molecule has 7 nitrogen and oxygen atoms in total. The maximum atomic E-state index is 12.1. The molecule has 26 heavy (non-hydrogen) atoms. The summed E-state index contributed by atoms with van der Waals surface area (Å²) in [7, 11) is 0. The number of hydrogen-bond donors (Lipinski definition) is 0. The lowest BCUT2D eigenvalue weighted by Crippen LogP contribution is -2.13. The highest BCUT2D eigenvalue weighted by molar-refractivity contribution is 5.85. The fourth-order valence-corrected chi connectivity index (χ4v) is 2.61. The highest BCUT2D eigenvalue weighted by Gasteiger charge is 2.15. The van der Waals surface area contributed by atoms with E-state index in [1.54, 1.807) is 12.3 Å². The molecular weight excluding hydrogens is 332 g/mol. The van der Waals surface area contributed by atoms with Gasteiger partial charge in [-0.25, -0.2) is 14.3 Å². The Balaban J connectivity index is 1.34. The number of carbonyl (C=O) groups excluding carboxylic acids is 1. The molecule has 0 aliphatic heterocycles. The molecule has 0 spiro atoms. The van der Waals surface area contributed by atoms with Gasteiger partial charge < -0.3 is 9.47 Å². The van der Waals surface area contributed by atoms with Gasteiger partial charge in [0.05, 0.1) is 0 Å². The number of aromatic nitrogens is 4. The molecule has 0 saturated carbocycles. The van der Waals surface area contributed by atoms with Crippen molar-refractivity contribution in [1.82, 2.24) is 19.6 Å². The van der Waals surface area contributed by atoms with Crippen LogP contribution in [0.25, 0.3) is 16.6 Å². The van der Waals surface area contributed by atoms with Crippen LogP contribution in [0.15, 0.2) is 54.7 Å². The molecule has 2 heterocycles. The summed E-state index contributed by atoms with van der Waals surface area (Å²) in [5.74, 6) is 0.476. The molecule has 130 valence electrons. The quantitative estimate of drug-likeness (QED) is 0.408. The van der Waals surface area contributed by atoms with Crippen molar-refractivity contribution in [2.24, 2.45) is 0 Å². The molecule has 4 rings (SSSR count). The molecule has 2 aromatic carbocycles. The highest BCUT2D eigenvalue weighted by atomic mass is 16.6. The van der Waals surface area contributed by atoms with Crippen LogP contribution in [0.3, 0.4) is 0 Å². The lowest BCUT2D eigenvalue weighted by molar-refractivity contribution is 0.0436. The van der Waals surface area contributed by atoms with Crippen LogP contribution < -0.4 is 4.74 Å². The standard InChI is InChI=1S/C19H16N4O3/c1-13-8-9-20-19-21-17(22-23(13)19)18(24)26-11-10-25-16-7-6-14-4-2-3-5-15(14)12-16/h2-9,12H,10-11H2,1H3. The average Bonchev–Trinajstić information content (AvgIpc) is 3.11. The van der Waals surface area contributed by atoms with Crippen molar-refractivity contribution in [3.63, 3.8) is 0 Å². The van der Waals surface area contributed by atoms with Gasteiger partial charge in [-0.05, 0) is 35.9 Å². The number of aryl methyl sites for hydroxylation is 1. The normalized spacial score (nSPS) is 11.0. The van der Waals surface area contributed by atoms with Gasteiger partial charge in [0.2, 0.25) is 0 Å². The number of benzene rings is 2. The van der Waals surface area contributed by atoms with Gasteiger partial charge in [-0.2, -0.15) is 4.98 Å². The molecule has 0 N–H and O–H groups in total. The summed E-state index contributed by atoms with van der Waals surface area (Å²) in [4.78, 5) is 20.2. The van der Waals surface area contributed by atoms with Gasteiger partial charge in [0.25, 0.3) is 11.6 Å². The largest absolute Gasteiger partial charge is 0.490 e. The van der Waals surface area contributed by atoms with E-state index in [9.17, 15) is 4.79 Å². The summed E-state index contributed by atoms with van der Waals surface area (Å²) in [6.07, 6.45) is 1.62. The number of ether oxygens (including phenoxy) is 2. The Kier molecular flexibility index (Phi) is 4.18. The topological polar surface area (TPSA) is 78.6 Å². The number of esters is 1. The Hall–Kier alpha value is -3.48. The van der Waals surface area contributed by atoms with Gasteiger partial charge in [-0.1, -0.05) is 30.3 Å². The predicted molar refractivity (Wildman–Crippen MR) is 95.2 cm³/mol. The van der Waals surface area contributed by atoms with Gasteiger partial charge >= 0.3 is 5.97 Å². The van der Waals surface area contributed by atoms with Crippen LogP contribution in [0.4, 0.5) is 0 Å². The summed E-state index contributed by atoms with van der Waals surface area (Å²) < 4.78 is 12.3. The molecule has 0 bridgehead atoms. The number of hydrogen-bond acceptors (Lipinski definition) is 6. The first kappa shape index (κ1) is 16.0. The van der Waals surface area contributed by atoms with Crippen molar-refractivity contribution >= 4 is 22.5 Å². The van der Waals surface area contributed by atoms with Crippen molar-refractivity contribution in [1.29, 1.82) is 0 Å². The molecule has 0 radical (unpaired) electrons. The second-order valence-corrected chi connectivity index (χ2v) is 5.73. The second-order valence-electron chi connectivity index (χ2n) is 5.73. The van der Waals surface area contributed by atoms with Crippen molar-refractivity contribution in [2.45, 2.75) is 6.92 Å². The first-order valence-corrected chi connectivity index (χ1v) is 8.18. The van der Waals surface area contributed by atoms with Crippen molar-refractivity contribution < 1.29 is 14.3 Å². The van der Waals surface area contributed by atoms with Crippen LogP contribution in [0.1, 0.15) is 16.3 Å². The van der Waals surface area contributed by atoms with Gasteiger partial charge in [-0.3, -0.25) is 0 Å². The molecule has 0 aliphatic carbocycles. The van der Waals surface area contributed by atoms with Crippen molar-refractivity contribution in [2.75, 3.05) is 13.2 Å². The Morgan fingerprint density at radius 3 is 2.77 bits per heavy atom.